The second-order valence-electron chi connectivity index (χ2n) is 10.2. The molecule has 0 aliphatic carbocycles. The number of likely N-dealkylation sites (tertiary alicyclic amines) is 1. The van der Waals surface area contributed by atoms with Crippen molar-refractivity contribution < 1.29 is 13.9 Å². The van der Waals surface area contributed by atoms with E-state index in [4.69, 9.17) is 21.3 Å². The highest BCUT2D eigenvalue weighted by Crippen LogP contribution is 2.29. The molecule has 4 aromatic rings. The number of halogens is 2. The van der Waals surface area contributed by atoms with Gasteiger partial charge in [0.2, 0.25) is 11.8 Å². The zero-order chi connectivity index (χ0) is 27.9. The van der Waals surface area contributed by atoms with Crippen molar-refractivity contribution in [2.75, 3.05) is 20.2 Å². The molecule has 1 saturated heterocycles. The number of aryl methyl sites for hydroxylation is 2. The fourth-order valence-electron chi connectivity index (χ4n) is 5.23. The minimum atomic E-state index is -0.463. The highest BCUT2D eigenvalue weighted by molar-refractivity contribution is 6.31. The second kappa shape index (κ2) is 13.0. The van der Waals surface area contributed by atoms with Gasteiger partial charge in [-0.2, -0.15) is 0 Å². The maximum absolute atomic E-state index is 13.7. The number of nitrogens with zero attached hydrogens (tertiary/aromatic N) is 4. The molecule has 0 radical (unpaired) electrons. The number of imidazole rings is 1. The number of hydrogen-bond donors (Lipinski definition) is 1. The van der Waals surface area contributed by atoms with E-state index in [1.165, 1.54) is 6.07 Å². The molecule has 1 fully saturated rings. The van der Waals surface area contributed by atoms with Gasteiger partial charge < -0.3 is 14.6 Å². The van der Waals surface area contributed by atoms with Crippen LogP contribution in [0.1, 0.15) is 43.5 Å². The van der Waals surface area contributed by atoms with Crippen LogP contribution in [0.4, 0.5) is 4.39 Å². The number of carbonyl (C=O) groups is 1. The van der Waals surface area contributed by atoms with Crippen molar-refractivity contribution in [3.05, 3.63) is 83.2 Å². The number of carbonyl (C=O) groups excluding carboxylic acids is 1. The quantitative estimate of drug-likeness (QED) is 0.238. The van der Waals surface area contributed by atoms with E-state index in [1.54, 1.807) is 25.6 Å². The van der Waals surface area contributed by atoms with E-state index in [2.05, 4.69) is 15.0 Å². The predicted molar refractivity (Wildman–Crippen MR) is 154 cm³/mol. The fraction of sp³-hybridized carbons (Fsp3) is 0.355. The van der Waals surface area contributed by atoms with Gasteiger partial charge in [-0.1, -0.05) is 41.9 Å². The molecule has 1 aliphatic rings. The molecule has 9 heteroatoms. The summed E-state index contributed by atoms with van der Waals surface area (Å²) in [6, 6.07) is 16.4. The van der Waals surface area contributed by atoms with E-state index in [0.717, 1.165) is 61.4 Å². The molecular formula is C31H33ClFN5O2. The number of benzene rings is 2. The lowest BCUT2D eigenvalue weighted by atomic mass is 9.91. The standard InChI is InChI=1S/C31H33ClFN5O2/c1-40-28-19-24(34-20-35-28)12-10-21-14-16-38(17-15-21)29(39)9-5-8-27-30(22-6-3-2-4-7-22)37-31(36-27)23-11-13-26(33)25(32)18-23/h2-4,6-7,11,13,18-21H,5,8-10,12,14-17H2,1H3,(H,36,37). The van der Waals surface area contributed by atoms with Gasteiger partial charge in [-0.3, -0.25) is 4.79 Å². The number of methoxy groups -OCH3 is 1. The minimum absolute atomic E-state index is 0.0559. The second-order valence-corrected chi connectivity index (χ2v) is 10.6. The summed E-state index contributed by atoms with van der Waals surface area (Å²) in [5, 5.41) is 0.0559. The number of ether oxygens (including phenoxy) is 1. The molecule has 2 aromatic heterocycles. The average Bonchev–Trinajstić information content (AvgIpc) is 3.42. The Bertz CT molecular complexity index is 1440. The number of piperidine rings is 1. The van der Waals surface area contributed by atoms with Gasteiger partial charge in [0.1, 0.15) is 18.0 Å². The highest BCUT2D eigenvalue weighted by atomic mass is 35.5. The topological polar surface area (TPSA) is 84.0 Å². The summed E-state index contributed by atoms with van der Waals surface area (Å²) in [4.78, 5) is 31.6. The molecule has 3 heterocycles. The highest BCUT2D eigenvalue weighted by Gasteiger charge is 2.23. The van der Waals surface area contributed by atoms with Gasteiger partial charge in [0.25, 0.3) is 0 Å². The Hall–Kier alpha value is -3.78. The van der Waals surface area contributed by atoms with Crippen molar-refractivity contribution in [1.29, 1.82) is 0 Å². The van der Waals surface area contributed by atoms with Gasteiger partial charge in [-0.05, 0) is 62.6 Å². The summed E-state index contributed by atoms with van der Waals surface area (Å²) < 4.78 is 18.9. The Morgan fingerprint density at radius 1 is 1.07 bits per heavy atom. The van der Waals surface area contributed by atoms with E-state index < -0.39 is 5.82 Å². The number of rotatable bonds is 10. The van der Waals surface area contributed by atoms with Crippen LogP contribution in [0.25, 0.3) is 22.6 Å². The summed E-state index contributed by atoms with van der Waals surface area (Å²) in [6.45, 7) is 1.59. The average molecular weight is 562 g/mol. The monoisotopic (exact) mass is 561 g/mol. The maximum atomic E-state index is 13.7. The molecule has 5 rings (SSSR count). The summed E-state index contributed by atoms with van der Waals surface area (Å²) in [5.74, 6) is 1.54. The van der Waals surface area contributed by atoms with Gasteiger partial charge >= 0.3 is 0 Å². The van der Waals surface area contributed by atoms with E-state index in [0.29, 0.717) is 42.4 Å². The first-order chi connectivity index (χ1) is 19.5. The molecule has 0 unspecified atom stereocenters. The summed E-state index contributed by atoms with van der Waals surface area (Å²) in [7, 11) is 1.61. The third-order valence-corrected chi connectivity index (χ3v) is 7.81. The van der Waals surface area contributed by atoms with Crippen LogP contribution in [0.15, 0.2) is 60.9 Å². The van der Waals surface area contributed by atoms with E-state index >= 15 is 0 Å². The molecule has 1 aliphatic heterocycles. The van der Waals surface area contributed by atoms with Crippen molar-refractivity contribution in [2.45, 2.75) is 44.9 Å². The molecule has 7 nitrogen and oxygen atoms in total. The number of amides is 1. The van der Waals surface area contributed by atoms with Crippen LogP contribution in [-0.4, -0.2) is 50.9 Å². The molecule has 0 atom stereocenters. The van der Waals surface area contributed by atoms with Gasteiger partial charge in [-0.15, -0.1) is 0 Å². The summed E-state index contributed by atoms with van der Waals surface area (Å²) in [6.07, 6.45) is 7.36. The molecule has 1 amide bonds. The lowest BCUT2D eigenvalue weighted by Crippen LogP contribution is -2.38. The van der Waals surface area contributed by atoms with Crippen molar-refractivity contribution in [2.24, 2.45) is 5.92 Å². The lowest BCUT2D eigenvalue weighted by Gasteiger charge is -2.32. The number of aromatic amines is 1. The van der Waals surface area contributed by atoms with Crippen LogP contribution in [0, 0.1) is 11.7 Å². The van der Waals surface area contributed by atoms with Gasteiger partial charge in [0, 0.05) is 48.1 Å². The van der Waals surface area contributed by atoms with E-state index in [1.807, 2.05) is 41.3 Å². The Labute approximate surface area is 238 Å². The number of H-pyrrole nitrogens is 1. The SMILES string of the molecule is COc1cc(CCC2CCN(C(=O)CCCc3[nH]c(-c4ccc(F)c(Cl)c4)nc3-c3ccccc3)CC2)ncn1. The minimum Gasteiger partial charge on any atom is -0.481 e. The molecule has 0 spiro atoms. The van der Waals surface area contributed by atoms with Crippen LogP contribution in [0.5, 0.6) is 5.88 Å². The number of nitrogens with one attached hydrogen (secondary N) is 1. The Morgan fingerprint density at radius 3 is 2.62 bits per heavy atom. The lowest BCUT2D eigenvalue weighted by molar-refractivity contribution is -0.132. The Morgan fingerprint density at radius 2 is 1.88 bits per heavy atom. The third kappa shape index (κ3) is 6.86. The molecule has 1 N–H and O–H groups in total. The first-order valence-corrected chi connectivity index (χ1v) is 14.1. The predicted octanol–water partition coefficient (Wildman–Crippen LogP) is 6.53. The van der Waals surface area contributed by atoms with Crippen LogP contribution >= 0.6 is 11.6 Å². The van der Waals surface area contributed by atoms with Gasteiger partial charge in [0.05, 0.1) is 17.8 Å². The van der Waals surface area contributed by atoms with Crippen molar-refractivity contribution in [3.63, 3.8) is 0 Å². The summed E-state index contributed by atoms with van der Waals surface area (Å²) >= 11 is 6.02. The van der Waals surface area contributed by atoms with Crippen LogP contribution < -0.4 is 4.74 Å². The van der Waals surface area contributed by atoms with Crippen molar-refractivity contribution >= 4 is 17.5 Å². The Kier molecular flexibility index (Phi) is 9.06. The molecule has 0 bridgehead atoms. The van der Waals surface area contributed by atoms with Crippen molar-refractivity contribution in [1.82, 2.24) is 24.8 Å². The molecule has 2 aromatic carbocycles. The fourth-order valence-corrected chi connectivity index (χ4v) is 5.41. The van der Waals surface area contributed by atoms with Crippen molar-refractivity contribution in [3.8, 4) is 28.5 Å². The zero-order valence-electron chi connectivity index (χ0n) is 22.6. The van der Waals surface area contributed by atoms with E-state index in [-0.39, 0.29) is 10.9 Å². The molecule has 0 saturated carbocycles. The molecule has 40 heavy (non-hydrogen) atoms. The Balaban J connectivity index is 1.15. The number of aromatic nitrogens is 4. The zero-order valence-corrected chi connectivity index (χ0v) is 23.3. The van der Waals surface area contributed by atoms with Crippen LogP contribution in [0.3, 0.4) is 0 Å². The van der Waals surface area contributed by atoms with Crippen LogP contribution in [0.2, 0.25) is 5.02 Å². The molecule has 208 valence electrons. The van der Waals surface area contributed by atoms with Gasteiger partial charge in [0.15, 0.2) is 0 Å². The van der Waals surface area contributed by atoms with Gasteiger partial charge in [-0.25, -0.2) is 19.3 Å². The number of hydrogen-bond acceptors (Lipinski definition) is 5. The molecular weight excluding hydrogens is 529 g/mol. The summed E-state index contributed by atoms with van der Waals surface area (Å²) in [5.41, 5.74) is 4.49. The first kappa shape index (κ1) is 27.8. The largest absolute Gasteiger partial charge is 0.481 e. The van der Waals surface area contributed by atoms with Crippen LogP contribution in [-0.2, 0) is 17.6 Å². The first-order valence-electron chi connectivity index (χ1n) is 13.7. The smallest absolute Gasteiger partial charge is 0.222 e. The normalized spacial score (nSPS) is 13.9. The van der Waals surface area contributed by atoms with E-state index in [9.17, 15) is 9.18 Å². The maximum Gasteiger partial charge on any atom is 0.222 e. The third-order valence-electron chi connectivity index (χ3n) is 7.52.